The third kappa shape index (κ3) is 3.50. The molecule has 0 aliphatic carbocycles. The van der Waals surface area contributed by atoms with Crippen LogP contribution in [0.5, 0.6) is 5.75 Å². The molecule has 1 aromatic carbocycles. The van der Waals surface area contributed by atoms with E-state index >= 15 is 0 Å². The van der Waals surface area contributed by atoms with Gasteiger partial charge in [-0.3, -0.25) is 14.9 Å². The van der Waals surface area contributed by atoms with E-state index in [0.717, 1.165) is 24.3 Å². The molecule has 0 unspecified atom stereocenters. The Bertz CT molecular complexity index is 612. The monoisotopic (exact) mass is 307 g/mol. The molecule has 1 heterocycles. The Morgan fingerprint density at radius 3 is 2.50 bits per heavy atom. The average Bonchev–Trinajstić information content (AvgIpc) is 2.60. The number of carbonyl (C=O) groups is 2. The number of nitrogens with one attached hydrogen (secondary N) is 1. The second kappa shape index (κ2) is 5.16. The second-order valence-corrected chi connectivity index (χ2v) is 4.60. The van der Waals surface area contributed by atoms with Crippen molar-refractivity contribution in [3.05, 3.63) is 34.5 Å². The van der Waals surface area contributed by atoms with E-state index in [-0.39, 0.29) is 10.5 Å². The molecule has 1 N–H and O–H groups in total. The average molecular weight is 307 g/mol. The summed E-state index contributed by atoms with van der Waals surface area (Å²) in [6, 6.07) is 2.36. The highest BCUT2D eigenvalue weighted by molar-refractivity contribution is 8.18. The number of imide groups is 1. The SMILES string of the molecule is O=C1NC(=O)C(=Cc2cc(OC(F)(F)F)ccc2F)S1. The maximum absolute atomic E-state index is 13.5. The van der Waals surface area contributed by atoms with Crippen LogP contribution in [0.3, 0.4) is 0 Å². The lowest BCUT2D eigenvalue weighted by atomic mass is 10.2. The number of amides is 2. The highest BCUT2D eigenvalue weighted by atomic mass is 32.2. The molecule has 0 atom stereocenters. The van der Waals surface area contributed by atoms with Crippen LogP contribution in [-0.2, 0) is 4.79 Å². The Kier molecular flexibility index (Phi) is 3.71. The van der Waals surface area contributed by atoms with Crippen LogP contribution in [0.15, 0.2) is 23.1 Å². The number of halogens is 4. The first-order valence-corrected chi connectivity index (χ1v) is 5.86. The molecule has 1 aliphatic rings. The predicted molar refractivity (Wildman–Crippen MR) is 62.2 cm³/mol. The molecule has 0 saturated carbocycles. The highest BCUT2D eigenvalue weighted by Gasteiger charge is 2.31. The van der Waals surface area contributed by atoms with Crippen molar-refractivity contribution >= 4 is 29.0 Å². The maximum atomic E-state index is 13.5. The van der Waals surface area contributed by atoms with Crippen molar-refractivity contribution in [1.29, 1.82) is 0 Å². The summed E-state index contributed by atoms with van der Waals surface area (Å²) >= 11 is 0.528. The topological polar surface area (TPSA) is 55.4 Å². The Balaban J connectivity index is 2.32. The fourth-order valence-corrected chi connectivity index (χ4v) is 2.06. The van der Waals surface area contributed by atoms with Gasteiger partial charge in [0.25, 0.3) is 11.1 Å². The fourth-order valence-electron chi connectivity index (χ4n) is 1.39. The third-order valence-electron chi connectivity index (χ3n) is 2.13. The molecule has 4 nitrogen and oxygen atoms in total. The number of hydrogen-bond donors (Lipinski definition) is 1. The first-order chi connectivity index (χ1) is 9.24. The van der Waals surface area contributed by atoms with E-state index in [1.165, 1.54) is 0 Å². The van der Waals surface area contributed by atoms with Gasteiger partial charge in [0.1, 0.15) is 11.6 Å². The molecular weight excluding hydrogens is 302 g/mol. The van der Waals surface area contributed by atoms with Crippen molar-refractivity contribution in [2.75, 3.05) is 0 Å². The molecule has 0 bridgehead atoms. The number of carbonyl (C=O) groups excluding carboxylic acids is 2. The van der Waals surface area contributed by atoms with Crippen LogP contribution in [0, 0.1) is 5.82 Å². The molecular formula is C11H5F4NO3S. The van der Waals surface area contributed by atoms with Crippen LogP contribution in [0.25, 0.3) is 6.08 Å². The smallest absolute Gasteiger partial charge is 0.406 e. The van der Waals surface area contributed by atoms with Crippen LogP contribution >= 0.6 is 11.8 Å². The standard InChI is InChI=1S/C11H5F4NO3S/c12-7-2-1-6(19-11(13,14)15)3-5(7)4-8-9(17)16-10(18)20-8/h1-4H,(H,16,17,18). The predicted octanol–water partition coefficient (Wildman–Crippen LogP) is 3.05. The van der Waals surface area contributed by atoms with Gasteiger partial charge in [-0.05, 0) is 36.0 Å². The minimum atomic E-state index is -4.91. The number of rotatable bonds is 2. The van der Waals surface area contributed by atoms with Crippen LogP contribution in [0.4, 0.5) is 22.4 Å². The first-order valence-electron chi connectivity index (χ1n) is 5.05. The summed E-state index contributed by atoms with van der Waals surface area (Å²) in [4.78, 5) is 22.1. The minimum absolute atomic E-state index is 0.113. The van der Waals surface area contributed by atoms with Crippen molar-refractivity contribution in [1.82, 2.24) is 5.32 Å². The first kappa shape index (κ1) is 14.4. The summed E-state index contributed by atoms with van der Waals surface area (Å²) in [6.07, 6.45) is -3.93. The van der Waals surface area contributed by atoms with Crippen molar-refractivity contribution < 1.29 is 31.9 Å². The molecule has 1 saturated heterocycles. The van der Waals surface area contributed by atoms with Gasteiger partial charge in [-0.25, -0.2) is 4.39 Å². The molecule has 20 heavy (non-hydrogen) atoms. The Morgan fingerprint density at radius 2 is 1.95 bits per heavy atom. The van der Waals surface area contributed by atoms with Crippen molar-refractivity contribution in [3.63, 3.8) is 0 Å². The van der Waals surface area contributed by atoms with Crippen molar-refractivity contribution in [2.45, 2.75) is 6.36 Å². The van der Waals surface area contributed by atoms with Crippen LogP contribution < -0.4 is 10.1 Å². The van der Waals surface area contributed by atoms with E-state index < -0.39 is 29.1 Å². The molecule has 2 rings (SSSR count). The van der Waals surface area contributed by atoms with Gasteiger partial charge in [0.2, 0.25) is 0 Å². The van der Waals surface area contributed by atoms with Gasteiger partial charge in [-0.15, -0.1) is 13.2 Å². The largest absolute Gasteiger partial charge is 0.573 e. The lowest BCUT2D eigenvalue weighted by Gasteiger charge is -2.09. The van der Waals surface area contributed by atoms with Gasteiger partial charge < -0.3 is 4.74 Å². The molecule has 2 amide bonds. The fraction of sp³-hybridized carbons (Fsp3) is 0.0909. The zero-order chi connectivity index (χ0) is 14.9. The quantitative estimate of drug-likeness (QED) is 0.674. The zero-order valence-electron chi connectivity index (χ0n) is 9.45. The summed E-state index contributed by atoms with van der Waals surface area (Å²) in [7, 11) is 0. The third-order valence-corrected chi connectivity index (χ3v) is 2.94. The van der Waals surface area contributed by atoms with E-state index in [4.69, 9.17) is 0 Å². The summed E-state index contributed by atoms with van der Waals surface area (Å²) in [6.45, 7) is 0. The number of benzene rings is 1. The van der Waals surface area contributed by atoms with Gasteiger partial charge in [-0.1, -0.05) is 0 Å². The minimum Gasteiger partial charge on any atom is -0.406 e. The van der Waals surface area contributed by atoms with E-state index in [1.807, 2.05) is 5.32 Å². The van der Waals surface area contributed by atoms with E-state index in [1.54, 1.807) is 0 Å². The number of alkyl halides is 3. The Morgan fingerprint density at radius 1 is 1.25 bits per heavy atom. The highest BCUT2D eigenvalue weighted by Crippen LogP contribution is 2.29. The van der Waals surface area contributed by atoms with Gasteiger partial charge in [0.05, 0.1) is 4.91 Å². The van der Waals surface area contributed by atoms with Crippen LogP contribution in [0.1, 0.15) is 5.56 Å². The molecule has 9 heteroatoms. The maximum Gasteiger partial charge on any atom is 0.573 e. The van der Waals surface area contributed by atoms with Gasteiger partial charge in [-0.2, -0.15) is 0 Å². The lowest BCUT2D eigenvalue weighted by molar-refractivity contribution is -0.274. The lowest BCUT2D eigenvalue weighted by Crippen LogP contribution is -2.18. The molecule has 1 fully saturated rings. The molecule has 1 aromatic rings. The number of ether oxygens (including phenoxy) is 1. The molecule has 0 spiro atoms. The van der Waals surface area contributed by atoms with Gasteiger partial charge in [0, 0.05) is 5.56 Å². The second-order valence-electron chi connectivity index (χ2n) is 3.58. The van der Waals surface area contributed by atoms with E-state index in [9.17, 15) is 27.2 Å². The van der Waals surface area contributed by atoms with E-state index in [2.05, 4.69) is 4.74 Å². The van der Waals surface area contributed by atoms with Crippen molar-refractivity contribution in [3.8, 4) is 5.75 Å². The van der Waals surface area contributed by atoms with E-state index in [0.29, 0.717) is 11.8 Å². The molecule has 106 valence electrons. The summed E-state index contributed by atoms with van der Waals surface area (Å²) < 4.78 is 53.3. The normalized spacial score (nSPS) is 17.5. The summed E-state index contributed by atoms with van der Waals surface area (Å²) in [5.41, 5.74) is -0.292. The molecule has 0 aromatic heterocycles. The van der Waals surface area contributed by atoms with Crippen LogP contribution in [0.2, 0.25) is 0 Å². The molecule has 1 aliphatic heterocycles. The van der Waals surface area contributed by atoms with Gasteiger partial charge >= 0.3 is 6.36 Å². The van der Waals surface area contributed by atoms with Gasteiger partial charge in [0.15, 0.2) is 0 Å². The Labute approximate surface area is 113 Å². The summed E-state index contributed by atoms with van der Waals surface area (Å²) in [5.74, 6) is -2.21. The van der Waals surface area contributed by atoms with Crippen LogP contribution in [-0.4, -0.2) is 17.5 Å². The summed E-state index contributed by atoms with van der Waals surface area (Å²) in [5, 5.41) is 1.31. The van der Waals surface area contributed by atoms with Crippen molar-refractivity contribution in [2.24, 2.45) is 0 Å². The zero-order valence-corrected chi connectivity index (χ0v) is 10.3. The number of thioether (sulfide) groups is 1. The Hall–Kier alpha value is -2.03. The number of hydrogen-bond acceptors (Lipinski definition) is 4. The molecule has 0 radical (unpaired) electrons.